The van der Waals surface area contributed by atoms with Crippen molar-refractivity contribution < 1.29 is 4.79 Å². The van der Waals surface area contributed by atoms with Crippen LogP contribution in [-0.2, 0) is 4.79 Å². The standard InChI is InChI=1S/C13H23N3OS/c1-6-16(7-2)13(17)11(5)15-10(4)12-9(3)14-8-18-12/h8,10-11,15H,6-7H2,1-5H3. The molecular weight excluding hydrogens is 246 g/mol. The van der Waals surface area contributed by atoms with Crippen molar-refractivity contribution in [1.29, 1.82) is 0 Å². The maximum Gasteiger partial charge on any atom is 0.239 e. The highest BCUT2D eigenvalue weighted by molar-refractivity contribution is 7.09. The molecule has 1 aromatic rings. The summed E-state index contributed by atoms with van der Waals surface area (Å²) in [6.45, 7) is 11.5. The average Bonchev–Trinajstić information content (AvgIpc) is 2.76. The van der Waals surface area contributed by atoms with Gasteiger partial charge in [0.1, 0.15) is 0 Å². The third-order valence-corrected chi connectivity index (χ3v) is 4.24. The Kier molecular flexibility index (Phi) is 5.75. The van der Waals surface area contributed by atoms with Crippen LogP contribution in [-0.4, -0.2) is 34.9 Å². The smallest absolute Gasteiger partial charge is 0.239 e. The van der Waals surface area contributed by atoms with Gasteiger partial charge in [-0.3, -0.25) is 10.1 Å². The number of amides is 1. The Morgan fingerprint density at radius 3 is 2.50 bits per heavy atom. The van der Waals surface area contributed by atoms with Crippen molar-refractivity contribution in [3.8, 4) is 0 Å². The molecule has 18 heavy (non-hydrogen) atoms. The predicted molar refractivity (Wildman–Crippen MR) is 75.8 cm³/mol. The zero-order valence-electron chi connectivity index (χ0n) is 11.9. The number of carbonyl (C=O) groups is 1. The highest BCUT2D eigenvalue weighted by Gasteiger charge is 2.21. The first-order valence-electron chi connectivity index (χ1n) is 6.46. The van der Waals surface area contributed by atoms with Crippen LogP contribution < -0.4 is 5.32 Å². The fraction of sp³-hybridized carbons (Fsp3) is 0.692. The molecule has 1 heterocycles. The molecule has 0 fully saturated rings. The Bertz CT molecular complexity index is 387. The van der Waals surface area contributed by atoms with Gasteiger partial charge in [-0.2, -0.15) is 0 Å². The summed E-state index contributed by atoms with van der Waals surface area (Å²) >= 11 is 1.63. The van der Waals surface area contributed by atoms with E-state index >= 15 is 0 Å². The molecule has 0 aliphatic rings. The quantitative estimate of drug-likeness (QED) is 0.862. The number of likely N-dealkylation sites (N-methyl/N-ethyl adjacent to an activating group) is 1. The van der Waals surface area contributed by atoms with Gasteiger partial charge in [0.05, 0.1) is 17.2 Å². The molecule has 1 rings (SSSR count). The van der Waals surface area contributed by atoms with Crippen molar-refractivity contribution in [2.75, 3.05) is 13.1 Å². The van der Waals surface area contributed by atoms with Gasteiger partial charge in [-0.25, -0.2) is 4.98 Å². The number of hydrogen-bond acceptors (Lipinski definition) is 4. The van der Waals surface area contributed by atoms with Crippen molar-refractivity contribution in [1.82, 2.24) is 15.2 Å². The first-order chi connectivity index (χ1) is 8.51. The molecule has 2 unspecified atom stereocenters. The van der Waals surface area contributed by atoms with E-state index in [0.717, 1.165) is 18.8 Å². The molecule has 0 aliphatic heterocycles. The van der Waals surface area contributed by atoms with Gasteiger partial charge in [0.2, 0.25) is 5.91 Å². The number of hydrogen-bond donors (Lipinski definition) is 1. The molecule has 0 aliphatic carbocycles. The maximum atomic E-state index is 12.1. The van der Waals surface area contributed by atoms with Crippen molar-refractivity contribution in [3.63, 3.8) is 0 Å². The van der Waals surface area contributed by atoms with Gasteiger partial charge in [0, 0.05) is 24.0 Å². The molecule has 0 saturated heterocycles. The lowest BCUT2D eigenvalue weighted by atomic mass is 10.2. The zero-order valence-corrected chi connectivity index (χ0v) is 12.7. The summed E-state index contributed by atoms with van der Waals surface area (Å²) in [5.41, 5.74) is 2.89. The first kappa shape index (κ1) is 15.1. The van der Waals surface area contributed by atoms with Gasteiger partial charge < -0.3 is 4.90 Å². The minimum Gasteiger partial charge on any atom is -0.342 e. The Morgan fingerprint density at radius 2 is 2.06 bits per heavy atom. The largest absolute Gasteiger partial charge is 0.342 e. The molecule has 2 atom stereocenters. The van der Waals surface area contributed by atoms with Crippen molar-refractivity contribution in [2.24, 2.45) is 0 Å². The molecule has 0 saturated carbocycles. The molecule has 5 heteroatoms. The van der Waals surface area contributed by atoms with Crippen LogP contribution in [0.15, 0.2) is 5.51 Å². The Balaban J connectivity index is 2.62. The predicted octanol–water partition coefficient (Wildman–Crippen LogP) is 2.36. The summed E-state index contributed by atoms with van der Waals surface area (Å²) in [6.07, 6.45) is 0. The molecule has 1 N–H and O–H groups in total. The van der Waals surface area contributed by atoms with E-state index in [-0.39, 0.29) is 18.0 Å². The molecule has 1 amide bonds. The summed E-state index contributed by atoms with van der Waals surface area (Å²) < 4.78 is 0. The van der Waals surface area contributed by atoms with Crippen LogP contribution in [0.1, 0.15) is 44.3 Å². The van der Waals surface area contributed by atoms with Gasteiger partial charge in [0.15, 0.2) is 0 Å². The van der Waals surface area contributed by atoms with E-state index in [9.17, 15) is 4.79 Å². The van der Waals surface area contributed by atoms with E-state index in [1.165, 1.54) is 4.88 Å². The number of aromatic nitrogens is 1. The van der Waals surface area contributed by atoms with Crippen LogP contribution in [0.4, 0.5) is 0 Å². The van der Waals surface area contributed by atoms with E-state index in [2.05, 4.69) is 17.2 Å². The molecule has 0 radical (unpaired) electrons. The van der Waals surface area contributed by atoms with Gasteiger partial charge in [-0.15, -0.1) is 11.3 Å². The molecular formula is C13H23N3OS. The Hall–Kier alpha value is -0.940. The lowest BCUT2D eigenvalue weighted by Gasteiger charge is -2.25. The van der Waals surface area contributed by atoms with Gasteiger partial charge in [-0.05, 0) is 34.6 Å². The van der Waals surface area contributed by atoms with Gasteiger partial charge in [-0.1, -0.05) is 0 Å². The number of rotatable bonds is 6. The number of nitrogens with one attached hydrogen (secondary N) is 1. The van der Waals surface area contributed by atoms with E-state index in [4.69, 9.17) is 0 Å². The highest BCUT2D eigenvalue weighted by Crippen LogP contribution is 2.21. The van der Waals surface area contributed by atoms with Crippen LogP contribution in [0.2, 0.25) is 0 Å². The summed E-state index contributed by atoms with van der Waals surface area (Å²) in [5, 5.41) is 3.35. The van der Waals surface area contributed by atoms with Crippen molar-refractivity contribution in [3.05, 3.63) is 16.1 Å². The number of aryl methyl sites for hydroxylation is 1. The second-order valence-corrected chi connectivity index (χ2v) is 5.31. The SMILES string of the molecule is CCN(CC)C(=O)C(C)NC(C)c1scnc1C. The summed E-state index contributed by atoms with van der Waals surface area (Å²) in [5.74, 6) is 0.161. The Morgan fingerprint density at radius 1 is 1.44 bits per heavy atom. The fourth-order valence-corrected chi connectivity index (χ4v) is 2.88. The van der Waals surface area contributed by atoms with E-state index in [0.29, 0.717) is 0 Å². The zero-order chi connectivity index (χ0) is 13.7. The summed E-state index contributed by atoms with van der Waals surface area (Å²) in [6, 6.07) is -0.00610. The highest BCUT2D eigenvalue weighted by atomic mass is 32.1. The number of carbonyl (C=O) groups excluding carboxylic acids is 1. The molecule has 0 spiro atoms. The van der Waals surface area contributed by atoms with Gasteiger partial charge in [0.25, 0.3) is 0 Å². The van der Waals surface area contributed by atoms with E-state index in [1.54, 1.807) is 11.3 Å². The van der Waals surface area contributed by atoms with Crippen LogP contribution >= 0.6 is 11.3 Å². The number of nitrogens with zero attached hydrogens (tertiary/aromatic N) is 2. The summed E-state index contributed by atoms with van der Waals surface area (Å²) in [7, 11) is 0. The monoisotopic (exact) mass is 269 g/mol. The maximum absolute atomic E-state index is 12.1. The van der Waals surface area contributed by atoms with Crippen molar-refractivity contribution in [2.45, 2.75) is 46.7 Å². The van der Waals surface area contributed by atoms with E-state index < -0.39 is 0 Å². The molecule has 1 aromatic heterocycles. The Labute approximate surface area is 113 Å². The summed E-state index contributed by atoms with van der Waals surface area (Å²) in [4.78, 5) is 19.4. The topological polar surface area (TPSA) is 45.2 Å². The van der Waals surface area contributed by atoms with E-state index in [1.807, 2.05) is 38.1 Å². The van der Waals surface area contributed by atoms with Crippen LogP contribution in [0, 0.1) is 6.92 Å². The van der Waals surface area contributed by atoms with Crippen LogP contribution in [0.5, 0.6) is 0 Å². The van der Waals surface area contributed by atoms with Crippen LogP contribution in [0.3, 0.4) is 0 Å². The lowest BCUT2D eigenvalue weighted by molar-refractivity contribution is -0.132. The minimum atomic E-state index is -0.165. The number of thiazole rings is 1. The lowest BCUT2D eigenvalue weighted by Crippen LogP contribution is -2.45. The first-order valence-corrected chi connectivity index (χ1v) is 7.34. The third kappa shape index (κ3) is 3.53. The fourth-order valence-electron chi connectivity index (χ4n) is 2.06. The second kappa shape index (κ2) is 6.85. The minimum absolute atomic E-state index is 0.159. The average molecular weight is 269 g/mol. The van der Waals surface area contributed by atoms with Crippen LogP contribution in [0.25, 0.3) is 0 Å². The third-order valence-electron chi connectivity index (χ3n) is 3.12. The molecule has 0 aromatic carbocycles. The molecule has 102 valence electrons. The molecule has 0 bridgehead atoms. The molecule has 4 nitrogen and oxygen atoms in total. The normalized spacial score (nSPS) is 14.3. The van der Waals surface area contributed by atoms with Gasteiger partial charge >= 0.3 is 0 Å². The van der Waals surface area contributed by atoms with Crippen molar-refractivity contribution >= 4 is 17.2 Å². The second-order valence-electron chi connectivity index (χ2n) is 4.42.